The van der Waals surface area contributed by atoms with Crippen LogP contribution in [0.4, 0.5) is 0 Å². The highest BCUT2D eigenvalue weighted by molar-refractivity contribution is 5.96. The zero-order valence-electron chi connectivity index (χ0n) is 12.9. The molecule has 0 spiro atoms. The molecular formula is C15H27N3O. The van der Waals surface area contributed by atoms with Gasteiger partial charge in [-0.1, -0.05) is 33.1 Å². The first-order valence-electron chi connectivity index (χ1n) is 7.29. The van der Waals surface area contributed by atoms with Crippen LogP contribution in [0.25, 0.3) is 0 Å². The van der Waals surface area contributed by atoms with E-state index >= 15 is 0 Å². The Morgan fingerprint density at radius 1 is 1.37 bits per heavy atom. The van der Waals surface area contributed by atoms with Crippen molar-refractivity contribution in [3.8, 4) is 0 Å². The van der Waals surface area contributed by atoms with E-state index in [0.717, 1.165) is 29.9 Å². The van der Waals surface area contributed by atoms with Crippen LogP contribution in [0.3, 0.4) is 0 Å². The van der Waals surface area contributed by atoms with Gasteiger partial charge in [-0.3, -0.25) is 9.48 Å². The normalized spacial score (nSPS) is 12.5. The van der Waals surface area contributed by atoms with Gasteiger partial charge in [0.05, 0.1) is 11.3 Å². The number of aryl methyl sites for hydroxylation is 2. The number of amides is 1. The maximum atomic E-state index is 12.2. The van der Waals surface area contributed by atoms with E-state index in [-0.39, 0.29) is 5.91 Å². The second-order valence-electron chi connectivity index (χ2n) is 5.30. The summed E-state index contributed by atoms with van der Waals surface area (Å²) < 4.78 is 1.76. The van der Waals surface area contributed by atoms with Crippen molar-refractivity contribution >= 4 is 5.91 Å². The van der Waals surface area contributed by atoms with Gasteiger partial charge in [0.2, 0.25) is 0 Å². The first kappa shape index (κ1) is 15.7. The largest absolute Gasteiger partial charge is 0.352 e. The predicted octanol–water partition coefficient (Wildman–Crippen LogP) is 2.98. The summed E-state index contributed by atoms with van der Waals surface area (Å²) in [4.78, 5) is 12.2. The van der Waals surface area contributed by atoms with Crippen LogP contribution in [0.15, 0.2) is 0 Å². The lowest BCUT2D eigenvalue weighted by atomic mass is 9.99. The average molecular weight is 265 g/mol. The standard InChI is InChI=1S/C15H27N3O/c1-6-8-9-13(7-2)10-16-15(19)14-11(3)17-18(5)12(14)4/h13H,6-10H2,1-5H3,(H,16,19). The first-order chi connectivity index (χ1) is 9.01. The number of nitrogens with zero attached hydrogens (tertiary/aromatic N) is 2. The molecule has 1 aromatic rings. The van der Waals surface area contributed by atoms with Gasteiger partial charge < -0.3 is 5.32 Å². The van der Waals surface area contributed by atoms with Gasteiger partial charge in [0.1, 0.15) is 0 Å². The van der Waals surface area contributed by atoms with Gasteiger partial charge >= 0.3 is 0 Å². The molecular weight excluding hydrogens is 238 g/mol. The summed E-state index contributed by atoms with van der Waals surface area (Å²) in [5.41, 5.74) is 2.46. The molecule has 0 aromatic carbocycles. The maximum absolute atomic E-state index is 12.2. The van der Waals surface area contributed by atoms with Gasteiger partial charge in [-0.25, -0.2) is 0 Å². The fourth-order valence-electron chi connectivity index (χ4n) is 2.37. The summed E-state index contributed by atoms with van der Waals surface area (Å²) in [5, 5.41) is 7.35. The highest BCUT2D eigenvalue weighted by Gasteiger charge is 2.17. The Kier molecular flexibility index (Phi) is 6.06. The van der Waals surface area contributed by atoms with Crippen molar-refractivity contribution in [2.24, 2.45) is 13.0 Å². The number of hydrogen-bond donors (Lipinski definition) is 1. The SMILES string of the molecule is CCCCC(CC)CNC(=O)c1c(C)nn(C)c1C. The molecule has 1 heterocycles. The van der Waals surface area contributed by atoms with Gasteiger partial charge in [-0.15, -0.1) is 0 Å². The molecule has 0 aliphatic carbocycles. The van der Waals surface area contributed by atoms with E-state index in [2.05, 4.69) is 24.3 Å². The van der Waals surface area contributed by atoms with Crippen molar-refractivity contribution in [3.63, 3.8) is 0 Å². The van der Waals surface area contributed by atoms with Crippen molar-refractivity contribution in [1.29, 1.82) is 0 Å². The molecule has 19 heavy (non-hydrogen) atoms. The highest BCUT2D eigenvalue weighted by atomic mass is 16.1. The summed E-state index contributed by atoms with van der Waals surface area (Å²) in [6.07, 6.45) is 4.76. The van der Waals surface area contributed by atoms with Crippen LogP contribution < -0.4 is 5.32 Å². The quantitative estimate of drug-likeness (QED) is 0.824. The number of unbranched alkanes of at least 4 members (excludes halogenated alkanes) is 1. The number of rotatable bonds is 7. The van der Waals surface area contributed by atoms with E-state index in [0.29, 0.717) is 5.92 Å². The topological polar surface area (TPSA) is 46.9 Å². The lowest BCUT2D eigenvalue weighted by Crippen LogP contribution is -2.30. The Morgan fingerprint density at radius 3 is 2.53 bits per heavy atom. The van der Waals surface area contributed by atoms with E-state index in [9.17, 15) is 4.79 Å². The lowest BCUT2D eigenvalue weighted by molar-refractivity contribution is 0.0944. The molecule has 1 aromatic heterocycles. The summed E-state index contributed by atoms with van der Waals surface area (Å²) >= 11 is 0. The highest BCUT2D eigenvalue weighted by Crippen LogP contribution is 2.14. The van der Waals surface area contributed by atoms with E-state index in [1.807, 2.05) is 20.9 Å². The van der Waals surface area contributed by atoms with E-state index in [1.165, 1.54) is 19.3 Å². The zero-order valence-corrected chi connectivity index (χ0v) is 12.9. The summed E-state index contributed by atoms with van der Waals surface area (Å²) in [6.45, 7) is 8.98. The Bertz CT molecular complexity index is 423. The van der Waals surface area contributed by atoms with Crippen LogP contribution in [-0.2, 0) is 7.05 Å². The van der Waals surface area contributed by atoms with Crippen molar-refractivity contribution in [2.75, 3.05) is 6.54 Å². The van der Waals surface area contributed by atoms with Crippen molar-refractivity contribution < 1.29 is 4.79 Å². The zero-order chi connectivity index (χ0) is 14.4. The molecule has 0 bridgehead atoms. The molecule has 0 saturated heterocycles. The Labute approximate surface area is 116 Å². The van der Waals surface area contributed by atoms with Gasteiger partial charge in [0.25, 0.3) is 5.91 Å². The predicted molar refractivity (Wildman–Crippen MR) is 78.3 cm³/mol. The second kappa shape index (κ2) is 7.31. The minimum atomic E-state index is 0.0121. The summed E-state index contributed by atoms with van der Waals surface area (Å²) in [5.74, 6) is 0.597. The minimum absolute atomic E-state index is 0.0121. The smallest absolute Gasteiger partial charge is 0.255 e. The molecule has 1 N–H and O–H groups in total. The second-order valence-corrected chi connectivity index (χ2v) is 5.30. The number of aromatic nitrogens is 2. The minimum Gasteiger partial charge on any atom is -0.352 e. The van der Waals surface area contributed by atoms with E-state index in [4.69, 9.17) is 0 Å². The summed E-state index contributed by atoms with van der Waals surface area (Å²) in [7, 11) is 1.87. The van der Waals surface area contributed by atoms with Crippen LogP contribution in [-0.4, -0.2) is 22.2 Å². The molecule has 1 atom stereocenters. The van der Waals surface area contributed by atoms with Gasteiger partial charge in [0, 0.05) is 19.3 Å². The molecule has 1 unspecified atom stereocenters. The Balaban J connectivity index is 2.59. The monoisotopic (exact) mass is 265 g/mol. The molecule has 4 nitrogen and oxygen atoms in total. The fraction of sp³-hybridized carbons (Fsp3) is 0.733. The fourth-order valence-corrected chi connectivity index (χ4v) is 2.37. The molecule has 0 radical (unpaired) electrons. The Morgan fingerprint density at radius 2 is 2.05 bits per heavy atom. The van der Waals surface area contributed by atoms with Crippen LogP contribution in [0, 0.1) is 19.8 Å². The van der Waals surface area contributed by atoms with Gasteiger partial charge in [-0.2, -0.15) is 5.10 Å². The third-order valence-corrected chi connectivity index (χ3v) is 3.83. The van der Waals surface area contributed by atoms with Gasteiger partial charge in [0.15, 0.2) is 0 Å². The number of carbonyl (C=O) groups excluding carboxylic acids is 1. The van der Waals surface area contributed by atoms with Crippen LogP contribution >= 0.6 is 0 Å². The maximum Gasteiger partial charge on any atom is 0.255 e. The molecule has 1 amide bonds. The van der Waals surface area contributed by atoms with Crippen LogP contribution in [0.1, 0.15) is 61.3 Å². The van der Waals surface area contributed by atoms with E-state index in [1.54, 1.807) is 4.68 Å². The summed E-state index contributed by atoms with van der Waals surface area (Å²) in [6, 6.07) is 0. The molecule has 0 aliphatic rings. The van der Waals surface area contributed by atoms with Gasteiger partial charge in [-0.05, 0) is 26.2 Å². The van der Waals surface area contributed by atoms with E-state index < -0.39 is 0 Å². The number of carbonyl (C=O) groups is 1. The third-order valence-electron chi connectivity index (χ3n) is 3.83. The van der Waals surface area contributed by atoms with Crippen LogP contribution in [0.5, 0.6) is 0 Å². The van der Waals surface area contributed by atoms with Crippen LogP contribution in [0.2, 0.25) is 0 Å². The number of hydrogen-bond acceptors (Lipinski definition) is 2. The van der Waals surface area contributed by atoms with Crippen molar-refractivity contribution in [3.05, 3.63) is 17.0 Å². The third kappa shape index (κ3) is 4.08. The number of nitrogens with one attached hydrogen (secondary N) is 1. The molecule has 108 valence electrons. The Hall–Kier alpha value is -1.32. The lowest BCUT2D eigenvalue weighted by Gasteiger charge is -2.15. The molecule has 0 aliphatic heterocycles. The molecule has 0 saturated carbocycles. The first-order valence-corrected chi connectivity index (χ1v) is 7.29. The average Bonchev–Trinajstić information content (AvgIpc) is 2.63. The molecule has 0 fully saturated rings. The molecule has 4 heteroatoms. The molecule has 1 rings (SSSR count). The van der Waals surface area contributed by atoms with Crippen molar-refractivity contribution in [2.45, 2.75) is 53.4 Å². The van der Waals surface area contributed by atoms with Crippen molar-refractivity contribution in [1.82, 2.24) is 15.1 Å².